The normalized spacial score (nSPS) is 13.2. The minimum Gasteiger partial charge on any atom is -0.456 e. The number of hydrogen-bond donors (Lipinski definition) is 0. The van der Waals surface area contributed by atoms with Crippen molar-refractivity contribution in [3.05, 3.63) is 152 Å². The summed E-state index contributed by atoms with van der Waals surface area (Å²) < 4.78 is 13.2. The molecule has 0 fully saturated rings. The summed E-state index contributed by atoms with van der Waals surface area (Å²) in [7, 11) is -2.11. The van der Waals surface area contributed by atoms with E-state index in [1.165, 1.54) is 21.5 Å². The van der Waals surface area contributed by atoms with Crippen LogP contribution in [-0.2, 0) is 0 Å². The second kappa shape index (κ2) is 11.2. The summed E-state index contributed by atoms with van der Waals surface area (Å²) in [6.45, 7) is 4.86. The average molecular weight is 698 g/mol. The van der Waals surface area contributed by atoms with E-state index in [4.69, 9.17) is 23.8 Å². The summed E-state index contributed by atoms with van der Waals surface area (Å²) in [5, 5.41) is 6.96. The highest BCUT2D eigenvalue weighted by Gasteiger charge is 2.40. The summed E-state index contributed by atoms with van der Waals surface area (Å²) in [5.74, 6) is 1.80. The van der Waals surface area contributed by atoms with Crippen LogP contribution in [0.2, 0.25) is 13.1 Å². The molecule has 11 rings (SSSR count). The highest BCUT2D eigenvalue weighted by atomic mass is 28.3. The van der Waals surface area contributed by atoms with Crippen LogP contribution in [0.1, 0.15) is 0 Å². The second-order valence-electron chi connectivity index (χ2n) is 14.3. The molecule has 5 nitrogen and oxygen atoms in total. The number of hydrogen-bond acceptors (Lipinski definition) is 5. The second-order valence-corrected chi connectivity index (χ2v) is 18.7. The maximum Gasteiger partial charge on any atom is 0.164 e. The van der Waals surface area contributed by atoms with Crippen LogP contribution >= 0.6 is 0 Å². The Bertz CT molecular complexity index is 3110. The van der Waals surface area contributed by atoms with Crippen molar-refractivity contribution < 1.29 is 8.83 Å². The Labute approximate surface area is 306 Å². The molecule has 53 heavy (non-hydrogen) atoms. The average Bonchev–Trinajstić information content (AvgIpc) is 3.85. The zero-order chi connectivity index (χ0) is 35.3. The molecule has 6 heteroatoms. The number of rotatable bonds is 4. The first-order chi connectivity index (χ1) is 26.0. The van der Waals surface area contributed by atoms with Crippen LogP contribution in [0, 0.1) is 0 Å². The van der Waals surface area contributed by atoms with Crippen LogP contribution in [0.25, 0.3) is 100 Å². The summed E-state index contributed by atoms with van der Waals surface area (Å²) in [4.78, 5) is 15.9. The Morgan fingerprint density at radius 3 is 1.83 bits per heavy atom. The molecule has 0 bridgehead atoms. The molecule has 0 saturated carbocycles. The molecule has 0 atom stereocenters. The lowest BCUT2D eigenvalue weighted by Gasteiger charge is -2.19. The quantitative estimate of drug-likeness (QED) is 0.171. The summed E-state index contributed by atoms with van der Waals surface area (Å²) >= 11 is 0. The van der Waals surface area contributed by atoms with Gasteiger partial charge in [-0.3, -0.25) is 0 Å². The Kier molecular flexibility index (Phi) is 6.34. The molecule has 7 aromatic carbocycles. The van der Waals surface area contributed by atoms with Crippen LogP contribution in [0.5, 0.6) is 0 Å². The molecule has 1 aliphatic rings. The number of benzene rings is 7. The third-order valence-corrected chi connectivity index (χ3v) is 14.5. The third-order valence-electron chi connectivity index (χ3n) is 11.0. The molecule has 250 valence electrons. The van der Waals surface area contributed by atoms with E-state index < -0.39 is 8.07 Å². The van der Waals surface area contributed by atoms with Gasteiger partial charge in [0.2, 0.25) is 0 Å². The molecular formula is C47H31N3O2Si. The third kappa shape index (κ3) is 4.46. The van der Waals surface area contributed by atoms with Gasteiger partial charge in [0, 0.05) is 43.8 Å². The van der Waals surface area contributed by atoms with Gasteiger partial charge in [0.1, 0.15) is 30.4 Å². The van der Waals surface area contributed by atoms with Crippen LogP contribution < -0.4 is 10.4 Å². The van der Waals surface area contributed by atoms with Crippen molar-refractivity contribution in [2.24, 2.45) is 0 Å². The Hall–Kier alpha value is -6.63. The van der Waals surface area contributed by atoms with E-state index in [0.717, 1.165) is 71.7 Å². The van der Waals surface area contributed by atoms with Crippen molar-refractivity contribution in [2.45, 2.75) is 13.1 Å². The van der Waals surface area contributed by atoms with Crippen LogP contribution in [-0.4, -0.2) is 23.0 Å². The number of aromatic nitrogens is 3. The van der Waals surface area contributed by atoms with E-state index in [1.54, 1.807) is 0 Å². The smallest absolute Gasteiger partial charge is 0.164 e. The highest BCUT2D eigenvalue weighted by Crippen LogP contribution is 2.44. The van der Waals surface area contributed by atoms with Crippen LogP contribution in [0.4, 0.5) is 0 Å². The standard InChI is InChI=1S/C47H31N3O2Si/c1-53(2)40-23-13-10-20-35(40)43-41(53)27-36(42-34-19-9-12-22-38(34)52-44(42)43)47-49-45(29-24-25-32-31-17-8-11-21-37(31)51-39(32)26-29)48-46(50-47)33-18-7-6-16-30(33)28-14-4-3-5-15-28/h3-27H,1-2H3. The fraction of sp³-hybridized carbons (Fsp3) is 0.0426. The van der Waals surface area contributed by atoms with Crippen molar-refractivity contribution >= 4 is 62.3 Å². The van der Waals surface area contributed by atoms with Gasteiger partial charge >= 0.3 is 0 Å². The Morgan fingerprint density at radius 2 is 1.02 bits per heavy atom. The van der Waals surface area contributed by atoms with Gasteiger partial charge < -0.3 is 8.83 Å². The van der Waals surface area contributed by atoms with E-state index in [2.05, 4.69) is 128 Å². The predicted octanol–water partition coefficient (Wildman–Crippen LogP) is 11.1. The van der Waals surface area contributed by atoms with E-state index >= 15 is 0 Å². The molecule has 3 aromatic heterocycles. The predicted molar refractivity (Wildman–Crippen MR) is 218 cm³/mol. The van der Waals surface area contributed by atoms with Gasteiger partial charge in [-0.25, -0.2) is 15.0 Å². The number of fused-ring (bicyclic) bond motifs is 10. The molecule has 0 saturated heterocycles. The van der Waals surface area contributed by atoms with Gasteiger partial charge in [0.05, 0.1) is 0 Å². The molecule has 4 heterocycles. The number of para-hydroxylation sites is 2. The van der Waals surface area contributed by atoms with E-state index in [1.807, 2.05) is 36.4 Å². The molecular weight excluding hydrogens is 667 g/mol. The topological polar surface area (TPSA) is 65.0 Å². The molecule has 0 unspecified atom stereocenters. The summed E-state index contributed by atoms with van der Waals surface area (Å²) in [6, 6.07) is 52.7. The highest BCUT2D eigenvalue weighted by molar-refractivity contribution is 7.04. The molecule has 0 N–H and O–H groups in total. The number of nitrogens with zero attached hydrogens (tertiary/aromatic N) is 3. The monoisotopic (exact) mass is 697 g/mol. The van der Waals surface area contributed by atoms with Crippen molar-refractivity contribution in [2.75, 3.05) is 0 Å². The lowest BCUT2D eigenvalue weighted by atomic mass is 9.97. The van der Waals surface area contributed by atoms with Gasteiger partial charge in [0.25, 0.3) is 0 Å². The fourth-order valence-corrected chi connectivity index (χ4v) is 11.4. The molecule has 0 spiro atoms. The van der Waals surface area contributed by atoms with Gasteiger partial charge in [0.15, 0.2) is 17.5 Å². The fourth-order valence-electron chi connectivity index (χ4n) is 8.39. The molecule has 1 aliphatic heterocycles. The Morgan fingerprint density at radius 1 is 0.415 bits per heavy atom. The van der Waals surface area contributed by atoms with Crippen molar-refractivity contribution in [1.82, 2.24) is 15.0 Å². The van der Waals surface area contributed by atoms with Gasteiger partial charge in [-0.15, -0.1) is 0 Å². The van der Waals surface area contributed by atoms with E-state index in [0.29, 0.717) is 17.5 Å². The zero-order valence-electron chi connectivity index (χ0n) is 29.1. The molecule has 10 aromatic rings. The molecule has 0 aliphatic carbocycles. The number of furan rings is 2. The summed E-state index contributed by atoms with van der Waals surface area (Å²) in [6.07, 6.45) is 0. The molecule has 0 amide bonds. The van der Waals surface area contributed by atoms with Crippen molar-refractivity contribution in [3.63, 3.8) is 0 Å². The van der Waals surface area contributed by atoms with E-state index in [9.17, 15) is 0 Å². The largest absolute Gasteiger partial charge is 0.456 e. The van der Waals surface area contributed by atoms with Crippen molar-refractivity contribution in [1.29, 1.82) is 0 Å². The first-order valence-electron chi connectivity index (χ1n) is 17.9. The van der Waals surface area contributed by atoms with Gasteiger partial charge in [-0.1, -0.05) is 134 Å². The van der Waals surface area contributed by atoms with Gasteiger partial charge in [-0.2, -0.15) is 0 Å². The first-order valence-corrected chi connectivity index (χ1v) is 20.9. The summed E-state index contributed by atoms with van der Waals surface area (Å²) in [5.41, 5.74) is 10.7. The zero-order valence-corrected chi connectivity index (χ0v) is 30.1. The molecule has 0 radical (unpaired) electrons. The van der Waals surface area contributed by atoms with E-state index in [-0.39, 0.29) is 0 Å². The minimum atomic E-state index is -2.11. The maximum absolute atomic E-state index is 6.83. The van der Waals surface area contributed by atoms with Crippen LogP contribution in [0.15, 0.2) is 160 Å². The van der Waals surface area contributed by atoms with Crippen LogP contribution in [0.3, 0.4) is 0 Å². The SMILES string of the molecule is C[Si]1(C)c2ccccc2-c2c1cc(-c1nc(-c3ccc4c(c3)oc3ccccc34)nc(-c3ccccc3-c3ccccc3)n1)c1c2oc2ccccc21. The minimum absolute atomic E-state index is 0.580. The maximum atomic E-state index is 6.83. The lowest BCUT2D eigenvalue weighted by Crippen LogP contribution is -2.49. The van der Waals surface area contributed by atoms with Crippen molar-refractivity contribution in [3.8, 4) is 56.4 Å². The van der Waals surface area contributed by atoms with Gasteiger partial charge in [-0.05, 0) is 57.4 Å². The lowest BCUT2D eigenvalue weighted by molar-refractivity contribution is 0.669. The Balaban J connectivity index is 1.23. The first kappa shape index (κ1) is 30.0.